The highest BCUT2D eigenvalue weighted by Crippen LogP contribution is 2.13. The van der Waals surface area contributed by atoms with Gasteiger partial charge < -0.3 is 4.74 Å². The Bertz CT molecular complexity index is 282. The Hall–Kier alpha value is -1.40. The minimum atomic E-state index is -0.857. The molecule has 0 aliphatic carbocycles. The maximum absolute atomic E-state index is 11.0. The first-order chi connectivity index (χ1) is 7.91. The molecule has 0 aromatic rings. The molecule has 17 heavy (non-hydrogen) atoms. The predicted molar refractivity (Wildman–Crippen MR) is 58.4 cm³/mol. The molecule has 0 radical (unpaired) electrons. The minimum Gasteiger partial charge on any atom is -0.463 e. The second-order valence-corrected chi connectivity index (χ2v) is 3.75. The smallest absolute Gasteiger partial charge is 0.369 e. The highest BCUT2D eigenvalue weighted by Gasteiger charge is 2.18. The van der Waals surface area contributed by atoms with Crippen molar-refractivity contribution in [3.05, 3.63) is 12.2 Å². The molecule has 0 aliphatic heterocycles. The number of hydrogen-bond donors (Lipinski definition) is 0. The summed E-state index contributed by atoms with van der Waals surface area (Å²) in [5.41, 5.74) is -0.550. The van der Waals surface area contributed by atoms with Gasteiger partial charge in [0.15, 0.2) is 0 Å². The zero-order chi connectivity index (χ0) is 13.3. The van der Waals surface area contributed by atoms with E-state index in [2.05, 4.69) is 14.7 Å². The SMILES string of the molecule is CCOC(=O)C=CC(=O)OOOC(C)(C)CC. The van der Waals surface area contributed by atoms with Gasteiger partial charge in [0, 0.05) is 12.2 Å². The fourth-order valence-corrected chi connectivity index (χ4v) is 0.556. The summed E-state index contributed by atoms with van der Waals surface area (Å²) in [4.78, 5) is 30.9. The lowest BCUT2D eigenvalue weighted by molar-refractivity contribution is -0.515. The molecule has 98 valence electrons. The van der Waals surface area contributed by atoms with E-state index in [4.69, 9.17) is 4.89 Å². The third-order valence-electron chi connectivity index (χ3n) is 1.87. The first-order valence-corrected chi connectivity index (χ1v) is 5.32. The topological polar surface area (TPSA) is 71.1 Å². The van der Waals surface area contributed by atoms with Crippen molar-refractivity contribution in [3.63, 3.8) is 0 Å². The van der Waals surface area contributed by atoms with Gasteiger partial charge in [-0.15, -0.1) is 0 Å². The first kappa shape index (κ1) is 15.6. The van der Waals surface area contributed by atoms with Crippen LogP contribution >= 0.6 is 0 Å². The Kier molecular flexibility index (Phi) is 7.16. The van der Waals surface area contributed by atoms with Crippen molar-refractivity contribution < 1.29 is 29.1 Å². The van der Waals surface area contributed by atoms with Crippen LogP contribution in [-0.2, 0) is 29.1 Å². The van der Waals surface area contributed by atoms with Gasteiger partial charge in [0.1, 0.15) is 5.60 Å². The molecule has 0 aromatic carbocycles. The zero-order valence-corrected chi connectivity index (χ0v) is 10.5. The highest BCUT2D eigenvalue weighted by atomic mass is 17.5. The van der Waals surface area contributed by atoms with Crippen molar-refractivity contribution in [3.8, 4) is 0 Å². The van der Waals surface area contributed by atoms with E-state index in [1.807, 2.05) is 6.92 Å². The van der Waals surface area contributed by atoms with Gasteiger partial charge in [-0.1, -0.05) is 6.92 Å². The summed E-state index contributed by atoms with van der Waals surface area (Å²) in [5, 5.41) is 4.29. The van der Waals surface area contributed by atoms with E-state index in [9.17, 15) is 9.59 Å². The fourth-order valence-electron chi connectivity index (χ4n) is 0.556. The number of carbonyl (C=O) groups is 2. The van der Waals surface area contributed by atoms with E-state index in [0.717, 1.165) is 12.2 Å². The van der Waals surface area contributed by atoms with E-state index >= 15 is 0 Å². The summed E-state index contributed by atoms with van der Waals surface area (Å²) in [7, 11) is 0. The van der Waals surface area contributed by atoms with Crippen molar-refractivity contribution in [1.29, 1.82) is 0 Å². The van der Waals surface area contributed by atoms with Crippen molar-refractivity contribution in [2.45, 2.75) is 39.7 Å². The fraction of sp³-hybridized carbons (Fsp3) is 0.636. The molecule has 0 atom stereocenters. The van der Waals surface area contributed by atoms with Crippen LogP contribution in [0, 0.1) is 0 Å². The summed E-state index contributed by atoms with van der Waals surface area (Å²) in [6, 6.07) is 0. The Balaban J connectivity index is 3.84. The quantitative estimate of drug-likeness (QED) is 0.295. The van der Waals surface area contributed by atoms with Gasteiger partial charge in [0.25, 0.3) is 0 Å². The van der Waals surface area contributed by atoms with Crippen LogP contribution in [0.25, 0.3) is 0 Å². The molecular weight excluding hydrogens is 228 g/mol. The van der Waals surface area contributed by atoms with Gasteiger partial charge in [-0.3, -0.25) is 4.89 Å². The second-order valence-electron chi connectivity index (χ2n) is 3.75. The van der Waals surface area contributed by atoms with Crippen LogP contribution in [0.3, 0.4) is 0 Å². The molecule has 6 nitrogen and oxygen atoms in total. The minimum absolute atomic E-state index is 0.239. The Morgan fingerprint density at radius 2 is 1.71 bits per heavy atom. The summed E-state index contributed by atoms with van der Waals surface area (Å²) in [5.74, 6) is -1.48. The molecule has 0 rings (SSSR count). The molecule has 0 fully saturated rings. The molecule has 6 heteroatoms. The van der Waals surface area contributed by atoms with Crippen molar-refractivity contribution in [2.24, 2.45) is 0 Å². The average Bonchev–Trinajstić information content (AvgIpc) is 2.26. The largest absolute Gasteiger partial charge is 0.463 e. The highest BCUT2D eigenvalue weighted by molar-refractivity contribution is 5.91. The number of carbonyl (C=O) groups excluding carboxylic acids is 2. The summed E-state index contributed by atoms with van der Waals surface area (Å²) in [6.45, 7) is 7.34. The van der Waals surface area contributed by atoms with Gasteiger partial charge in [0.2, 0.25) is 0 Å². The molecule has 0 aromatic heterocycles. The maximum Gasteiger partial charge on any atom is 0.369 e. The van der Waals surface area contributed by atoms with Crippen LogP contribution in [-0.4, -0.2) is 24.1 Å². The normalized spacial score (nSPS) is 11.5. The number of rotatable bonds is 7. The molecule has 0 unspecified atom stereocenters. The van der Waals surface area contributed by atoms with Gasteiger partial charge in [-0.25, -0.2) is 9.59 Å². The molecule has 0 saturated heterocycles. The Morgan fingerprint density at radius 1 is 1.12 bits per heavy atom. The number of esters is 1. The van der Waals surface area contributed by atoms with Crippen LogP contribution in [0.4, 0.5) is 0 Å². The summed E-state index contributed by atoms with van der Waals surface area (Å²) < 4.78 is 4.56. The van der Waals surface area contributed by atoms with Crippen molar-refractivity contribution >= 4 is 11.9 Å². The molecule has 0 heterocycles. The van der Waals surface area contributed by atoms with Crippen molar-refractivity contribution in [2.75, 3.05) is 6.61 Å². The zero-order valence-electron chi connectivity index (χ0n) is 10.5. The monoisotopic (exact) mass is 246 g/mol. The Labute approximate surface area is 100 Å². The second kappa shape index (κ2) is 7.81. The van der Waals surface area contributed by atoms with E-state index in [-0.39, 0.29) is 6.61 Å². The number of hydrogen-bond acceptors (Lipinski definition) is 6. The first-order valence-electron chi connectivity index (χ1n) is 5.32. The lowest BCUT2D eigenvalue weighted by atomic mass is 10.1. The Morgan fingerprint density at radius 3 is 2.24 bits per heavy atom. The van der Waals surface area contributed by atoms with Crippen LogP contribution < -0.4 is 0 Å². The van der Waals surface area contributed by atoms with Gasteiger partial charge in [-0.2, -0.15) is 4.89 Å². The van der Waals surface area contributed by atoms with E-state index in [1.165, 1.54) is 0 Å². The van der Waals surface area contributed by atoms with E-state index in [1.54, 1.807) is 20.8 Å². The molecule has 0 amide bonds. The van der Waals surface area contributed by atoms with E-state index < -0.39 is 17.5 Å². The molecule has 0 bridgehead atoms. The van der Waals surface area contributed by atoms with Crippen LogP contribution in [0.1, 0.15) is 34.1 Å². The molecule has 0 aliphatic rings. The standard InChI is InChI=1S/C11H18O6/c1-5-11(3,4)16-17-15-10(13)8-7-9(12)14-6-2/h7-8H,5-6H2,1-4H3. The molecule has 0 saturated carbocycles. The molecule has 0 spiro atoms. The van der Waals surface area contributed by atoms with Crippen molar-refractivity contribution in [1.82, 2.24) is 0 Å². The van der Waals surface area contributed by atoms with Crippen LogP contribution in [0.2, 0.25) is 0 Å². The van der Waals surface area contributed by atoms with Gasteiger partial charge in [0.05, 0.1) is 6.61 Å². The summed E-state index contributed by atoms with van der Waals surface area (Å²) >= 11 is 0. The third kappa shape index (κ3) is 8.41. The van der Waals surface area contributed by atoms with Gasteiger partial charge in [-0.05, 0) is 32.2 Å². The van der Waals surface area contributed by atoms with Crippen LogP contribution in [0.5, 0.6) is 0 Å². The van der Waals surface area contributed by atoms with Crippen LogP contribution in [0.15, 0.2) is 12.2 Å². The lowest BCUT2D eigenvalue weighted by Gasteiger charge is -2.19. The number of ether oxygens (including phenoxy) is 1. The van der Waals surface area contributed by atoms with E-state index in [0.29, 0.717) is 6.42 Å². The average molecular weight is 246 g/mol. The maximum atomic E-state index is 11.0. The summed E-state index contributed by atoms with van der Waals surface area (Å²) in [6.07, 6.45) is 2.52. The predicted octanol–water partition coefficient (Wildman–Crippen LogP) is 1.70. The lowest BCUT2D eigenvalue weighted by Crippen LogP contribution is -2.24. The van der Waals surface area contributed by atoms with Gasteiger partial charge >= 0.3 is 11.9 Å². The molecular formula is C11H18O6. The molecule has 0 N–H and O–H groups in total. The third-order valence-corrected chi connectivity index (χ3v) is 1.87.